The summed E-state index contributed by atoms with van der Waals surface area (Å²) in [6.45, 7) is 1.17. The van der Waals surface area contributed by atoms with Crippen molar-refractivity contribution in [3.63, 3.8) is 0 Å². The van der Waals surface area contributed by atoms with E-state index in [1.54, 1.807) is 29.8 Å². The average Bonchev–Trinajstić information content (AvgIpc) is 2.95. The molecule has 1 aliphatic carbocycles. The van der Waals surface area contributed by atoms with E-state index < -0.39 is 0 Å². The molecular formula is C17H22N4OS. The van der Waals surface area contributed by atoms with E-state index in [2.05, 4.69) is 26.7 Å². The molecule has 2 heterocycles. The van der Waals surface area contributed by atoms with Gasteiger partial charge in [0.15, 0.2) is 0 Å². The van der Waals surface area contributed by atoms with Gasteiger partial charge in [0.25, 0.3) is 5.91 Å². The van der Waals surface area contributed by atoms with Crippen molar-refractivity contribution in [2.75, 3.05) is 18.4 Å². The average molecular weight is 330 g/mol. The molecule has 5 nitrogen and oxygen atoms in total. The highest BCUT2D eigenvalue weighted by Crippen LogP contribution is 2.28. The van der Waals surface area contributed by atoms with Crippen LogP contribution in [-0.4, -0.2) is 29.0 Å². The Balaban J connectivity index is 1.49. The fraction of sp³-hybridized carbons (Fsp3) is 0.471. The molecule has 2 N–H and O–H groups in total. The Labute approximate surface area is 140 Å². The fourth-order valence-electron chi connectivity index (χ4n) is 2.78. The van der Waals surface area contributed by atoms with E-state index in [1.807, 2.05) is 0 Å². The molecule has 0 spiro atoms. The van der Waals surface area contributed by atoms with Crippen molar-refractivity contribution in [2.24, 2.45) is 0 Å². The van der Waals surface area contributed by atoms with Crippen LogP contribution in [0.25, 0.3) is 0 Å². The summed E-state index contributed by atoms with van der Waals surface area (Å²) in [5, 5.41) is 6.05. The topological polar surface area (TPSA) is 66.9 Å². The maximum Gasteiger partial charge on any atom is 0.261 e. The minimum absolute atomic E-state index is 0.0255. The number of carbonyl (C=O) groups is 1. The van der Waals surface area contributed by atoms with E-state index in [4.69, 9.17) is 0 Å². The summed E-state index contributed by atoms with van der Waals surface area (Å²) in [4.78, 5) is 22.7. The zero-order valence-electron chi connectivity index (χ0n) is 13.2. The number of rotatable bonds is 5. The summed E-state index contributed by atoms with van der Waals surface area (Å²) < 4.78 is 0. The summed E-state index contributed by atoms with van der Waals surface area (Å²) in [7, 11) is 0. The Morgan fingerprint density at radius 2 is 1.87 bits per heavy atom. The lowest BCUT2D eigenvalue weighted by atomic mass is 10.00. The lowest BCUT2D eigenvalue weighted by Crippen LogP contribution is -2.28. The molecule has 6 heteroatoms. The number of nitrogens with zero attached hydrogens (tertiary/aromatic N) is 2. The molecule has 0 aromatic carbocycles. The van der Waals surface area contributed by atoms with Crippen LogP contribution in [0.5, 0.6) is 0 Å². The molecule has 23 heavy (non-hydrogen) atoms. The molecule has 1 amide bonds. The number of carbonyl (C=O) groups excluding carboxylic acids is 1. The van der Waals surface area contributed by atoms with Gasteiger partial charge in [-0.1, -0.05) is 12.8 Å². The second-order valence-corrected chi connectivity index (χ2v) is 6.87. The van der Waals surface area contributed by atoms with Gasteiger partial charge in [-0.25, -0.2) is 9.97 Å². The Bertz CT molecular complexity index is 616. The molecule has 1 aliphatic rings. The van der Waals surface area contributed by atoms with Crippen molar-refractivity contribution in [1.29, 1.82) is 0 Å². The number of amides is 1. The van der Waals surface area contributed by atoms with Crippen LogP contribution in [-0.2, 0) is 12.8 Å². The molecule has 122 valence electrons. The van der Waals surface area contributed by atoms with Crippen molar-refractivity contribution in [3.8, 4) is 0 Å². The van der Waals surface area contributed by atoms with E-state index in [9.17, 15) is 4.79 Å². The molecular weight excluding hydrogens is 308 g/mol. The van der Waals surface area contributed by atoms with E-state index in [1.165, 1.54) is 36.1 Å². The Hall–Kier alpha value is -1.95. The standard InChI is InChI=1S/C17H22N4OS/c22-16(18-10-11-21-17-19-8-5-9-20-17)15-12-13-6-3-1-2-4-7-14(13)23-15/h5,8-9,12H,1-4,6-7,10-11H2,(H,18,22)(H,19,20,21). The molecule has 0 aliphatic heterocycles. The predicted octanol–water partition coefficient (Wildman–Crippen LogP) is 3.04. The van der Waals surface area contributed by atoms with Crippen molar-refractivity contribution < 1.29 is 4.79 Å². The number of nitrogens with one attached hydrogen (secondary N) is 2. The third kappa shape index (κ3) is 4.51. The van der Waals surface area contributed by atoms with Gasteiger partial charge < -0.3 is 10.6 Å². The van der Waals surface area contributed by atoms with Crippen molar-refractivity contribution in [3.05, 3.63) is 39.8 Å². The molecule has 0 saturated heterocycles. The van der Waals surface area contributed by atoms with Gasteiger partial charge >= 0.3 is 0 Å². The highest BCUT2D eigenvalue weighted by atomic mass is 32.1. The summed E-state index contributed by atoms with van der Waals surface area (Å²) in [5.41, 5.74) is 1.38. The summed E-state index contributed by atoms with van der Waals surface area (Å²) >= 11 is 1.66. The van der Waals surface area contributed by atoms with Crippen LogP contribution in [0.1, 0.15) is 45.8 Å². The normalized spacial score (nSPS) is 14.4. The third-order valence-corrected chi connectivity index (χ3v) is 5.22. The first-order valence-electron chi connectivity index (χ1n) is 8.23. The zero-order valence-corrected chi connectivity index (χ0v) is 14.0. The molecule has 0 atom stereocenters. The molecule has 0 bridgehead atoms. The maximum absolute atomic E-state index is 12.3. The lowest BCUT2D eigenvalue weighted by Gasteiger charge is -2.07. The third-order valence-electron chi connectivity index (χ3n) is 3.98. The largest absolute Gasteiger partial charge is 0.352 e. The highest BCUT2D eigenvalue weighted by Gasteiger charge is 2.15. The Kier molecular flexibility index (Phi) is 5.58. The number of fused-ring (bicyclic) bond motifs is 1. The van der Waals surface area contributed by atoms with Crippen LogP contribution in [0, 0.1) is 0 Å². The maximum atomic E-state index is 12.3. The smallest absolute Gasteiger partial charge is 0.261 e. The van der Waals surface area contributed by atoms with Crippen molar-refractivity contribution >= 4 is 23.2 Å². The molecule has 2 aromatic heterocycles. The Morgan fingerprint density at radius 3 is 2.70 bits per heavy atom. The second kappa shape index (κ2) is 8.06. The van der Waals surface area contributed by atoms with Crippen molar-refractivity contribution in [2.45, 2.75) is 38.5 Å². The molecule has 3 rings (SSSR count). The number of hydrogen-bond acceptors (Lipinski definition) is 5. The number of hydrogen-bond donors (Lipinski definition) is 2. The summed E-state index contributed by atoms with van der Waals surface area (Å²) in [5.74, 6) is 0.610. The quantitative estimate of drug-likeness (QED) is 0.827. The molecule has 0 saturated carbocycles. The molecule has 0 radical (unpaired) electrons. The van der Waals surface area contributed by atoms with Gasteiger partial charge in [-0.15, -0.1) is 11.3 Å². The van der Waals surface area contributed by atoms with Crippen LogP contribution in [0.15, 0.2) is 24.5 Å². The van der Waals surface area contributed by atoms with E-state index in [0.29, 0.717) is 19.0 Å². The minimum Gasteiger partial charge on any atom is -0.352 e. The molecule has 2 aromatic rings. The van der Waals surface area contributed by atoms with Crippen LogP contribution < -0.4 is 10.6 Å². The van der Waals surface area contributed by atoms with E-state index in [-0.39, 0.29) is 5.91 Å². The first kappa shape index (κ1) is 15.9. The van der Waals surface area contributed by atoms with Gasteiger partial charge in [-0.05, 0) is 43.4 Å². The number of anilines is 1. The van der Waals surface area contributed by atoms with E-state index >= 15 is 0 Å². The zero-order chi connectivity index (χ0) is 15.9. The van der Waals surface area contributed by atoms with Gasteiger partial charge in [-0.3, -0.25) is 4.79 Å². The van der Waals surface area contributed by atoms with Crippen LogP contribution >= 0.6 is 11.3 Å². The van der Waals surface area contributed by atoms with Crippen molar-refractivity contribution in [1.82, 2.24) is 15.3 Å². The van der Waals surface area contributed by atoms with Gasteiger partial charge in [-0.2, -0.15) is 0 Å². The summed E-state index contributed by atoms with van der Waals surface area (Å²) in [6, 6.07) is 3.87. The number of thiophene rings is 1. The molecule has 0 unspecified atom stereocenters. The number of aromatic nitrogens is 2. The minimum atomic E-state index is 0.0255. The van der Waals surface area contributed by atoms with Crippen LogP contribution in [0.3, 0.4) is 0 Å². The summed E-state index contributed by atoms with van der Waals surface area (Å²) in [6.07, 6.45) is 10.7. The van der Waals surface area contributed by atoms with Gasteiger partial charge in [0.1, 0.15) is 0 Å². The van der Waals surface area contributed by atoms with Gasteiger partial charge in [0.05, 0.1) is 4.88 Å². The van der Waals surface area contributed by atoms with Gasteiger partial charge in [0, 0.05) is 30.4 Å². The SMILES string of the molecule is O=C(NCCNc1ncccn1)c1cc2c(s1)CCCCCC2. The first-order chi connectivity index (χ1) is 11.3. The number of aryl methyl sites for hydroxylation is 2. The first-order valence-corrected chi connectivity index (χ1v) is 9.05. The monoisotopic (exact) mass is 330 g/mol. The lowest BCUT2D eigenvalue weighted by molar-refractivity contribution is 0.0959. The van der Waals surface area contributed by atoms with Crippen LogP contribution in [0.4, 0.5) is 5.95 Å². The second-order valence-electron chi connectivity index (χ2n) is 5.73. The van der Waals surface area contributed by atoms with Crippen LogP contribution in [0.2, 0.25) is 0 Å². The molecule has 0 fully saturated rings. The highest BCUT2D eigenvalue weighted by molar-refractivity contribution is 7.14. The van der Waals surface area contributed by atoms with Gasteiger partial charge in [0.2, 0.25) is 5.95 Å². The van der Waals surface area contributed by atoms with E-state index in [0.717, 1.165) is 17.7 Å². The Morgan fingerprint density at radius 1 is 1.09 bits per heavy atom. The predicted molar refractivity (Wildman–Crippen MR) is 93.0 cm³/mol. The fourth-order valence-corrected chi connectivity index (χ4v) is 3.95.